The van der Waals surface area contributed by atoms with Gasteiger partial charge in [-0.3, -0.25) is 4.79 Å². The molecule has 19 heavy (non-hydrogen) atoms. The first-order chi connectivity index (χ1) is 8.99. The summed E-state index contributed by atoms with van der Waals surface area (Å²) in [5, 5.41) is 6.62. The van der Waals surface area contributed by atoms with Crippen LogP contribution >= 0.6 is 0 Å². The highest BCUT2D eigenvalue weighted by Crippen LogP contribution is 2.34. The lowest BCUT2D eigenvalue weighted by molar-refractivity contribution is -0.123. The molecular weight excluding hydrogens is 236 g/mol. The van der Waals surface area contributed by atoms with E-state index >= 15 is 0 Å². The van der Waals surface area contributed by atoms with Gasteiger partial charge in [0.25, 0.3) is 0 Å². The number of rotatable bonds is 7. The van der Waals surface area contributed by atoms with Gasteiger partial charge in [-0.1, -0.05) is 33.6 Å². The molecule has 2 N–H and O–H groups in total. The fourth-order valence-electron chi connectivity index (χ4n) is 3.33. The van der Waals surface area contributed by atoms with Crippen LogP contribution in [0.15, 0.2) is 0 Å². The van der Waals surface area contributed by atoms with Crippen molar-refractivity contribution in [1.29, 1.82) is 0 Å². The van der Waals surface area contributed by atoms with E-state index in [1.165, 1.54) is 19.3 Å². The third-order valence-electron chi connectivity index (χ3n) is 4.72. The van der Waals surface area contributed by atoms with Crippen molar-refractivity contribution < 1.29 is 4.79 Å². The highest BCUT2D eigenvalue weighted by atomic mass is 16.2. The molecule has 1 amide bonds. The zero-order valence-electron chi connectivity index (χ0n) is 13.3. The minimum Gasteiger partial charge on any atom is -0.352 e. The van der Waals surface area contributed by atoms with Crippen molar-refractivity contribution in [2.75, 3.05) is 0 Å². The molecule has 0 aromatic heterocycles. The average molecular weight is 268 g/mol. The second-order valence-corrected chi connectivity index (χ2v) is 6.30. The van der Waals surface area contributed by atoms with Gasteiger partial charge in [-0.25, -0.2) is 0 Å². The molecule has 0 spiro atoms. The summed E-state index contributed by atoms with van der Waals surface area (Å²) in [5.74, 6) is 1.66. The lowest BCUT2D eigenvalue weighted by Gasteiger charge is -2.25. The Morgan fingerprint density at radius 1 is 1.26 bits per heavy atom. The Balaban J connectivity index is 2.38. The maximum absolute atomic E-state index is 12.1. The van der Waals surface area contributed by atoms with Crippen molar-refractivity contribution in [1.82, 2.24) is 10.6 Å². The molecule has 1 rings (SSSR count). The zero-order valence-corrected chi connectivity index (χ0v) is 13.3. The molecule has 0 aromatic rings. The van der Waals surface area contributed by atoms with E-state index in [1.807, 2.05) is 6.92 Å². The van der Waals surface area contributed by atoms with E-state index in [-0.39, 0.29) is 18.0 Å². The molecule has 3 heteroatoms. The van der Waals surface area contributed by atoms with Crippen molar-refractivity contribution in [3.8, 4) is 0 Å². The van der Waals surface area contributed by atoms with Crippen molar-refractivity contribution in [2.45, 2.75) is 84.8 Å². The van der Waals surface area contributed by atoms with Crippen LogP contribution in [0, 0.1) is 11.8 Å². The number of carbonyl (C=O) groups excluding carboxylic acids is 1. The summed E-state index contributed by atoms with van der Waals surface area (Å²) in [6, 6.07) is 0.709. The molecule has 0 aromatic carbocycles. The number of hydrogen-bond acceptors (Lipinski definition) is 2. The molecule has 0 saturated heterocycles. The monoisotopic (exact) mass is 268 g/mol. The molecule has 1 saturated carbocycles. The predicted octanol–water partition coefficient (Wildman–Crippen LogP) is 3.09. The first kappa shape index (κ1) is 16.5. The van der Waals surface area contributed by atoms with Gasteiger partial charge in [0.1, 0.15) is 0 Å². The predicted molar refractivity (Wildman–Crippen MR) is 81.1 cm³/mol. The minimum atomic E-state index is -0.0811. The van der Waals surface area contributed by atoms with Crippen LogP contribution in [0.2, 0.25) is 0 Å². The Bertz CT molecular complexity index is 280. The van der Waals surface area contributed by atoms with Crippen LogP contribution in [0.1, 0.15) is 66.7 Å². The lowest BCUT2D eigenvalue weighted by atomic mass is 9.93. The first-order valence-electron chi connectivity index (χ1n) is 8.05. The largest absolute Gasteiger partial charge is 0.352 e. The van der Waals surface area contributed by atoms with Gasteiger partial charge >= 0.3 is 0 Å². The topological polar surface area (TPSA) is 41.1 Å². The molecule has 5 atom stereocenters. The van der Waals surface area contributed by atoms with Crippen LogP contribution in [0.3, 0.4) is 0 Å². The Morgan fingerprint density at radius 2 is 1.95 bits per heavy atom. The number of carbonyl (C=O) groups is 1. The maximum Gasteiger partial charge on any atom is 0.237 e. The molecule has 1 fully saturated rings. The molecule has 0 radical (unpaired) electrons. The van der Waals surface area contributed by atoms with E-state index in [1.54, 1.807) is 0 Å². The average Bonchev–Trinajstić information content (AvgIpc) is 2.70. The summed E-state index contributed by atoms with van der Waals surface area (Å²) in [5.41, 5.74) is 0. The molecule has 0 aliphatic heterocycles. The third-order valence-corrected chi connectivity index (χ3v) is 4.72. The fraction of sp³-hybridized carbons (Fsp3) is 0.938. The Kier molecular flexibility index (Phi) is 6.84. The first-order valence-corrected chi connectivity index (χ1v) is 8.05. The zero-order chi connectivity index (χ0) is 14.4. The molecule has 1 aliphatic carbocycles. The van der Waals surface area contributed by atoms with Gasteiger partial charge in [-0.2, -0.15) is 0 Å². The Labute approximate surface area is 118 Å². The summed E-state index contributed by atoms with van der Waals surface area (Å²) < 4.78 is 0. The van der Waals surface area contributed by atoms with Gasteiger partial charge in [0, 0.05) is 12.1 Å². The summed E-state index contributed by atoms with van der Waals surface area (Å²) >= 11 is 0. The summed E-state index contributed by atoms with van der Waals surface area (Å²) in [6.45, 7) is 10.8. The number of amides is 1. The van der Waals surface area contributed by atoms with Crippen LogP contribution in [0.5, 0.6) is 0 Å². The van der Waals surface area contributed by atoms with Gasteiger partial charge in [0.05, 0.1) is 6.04 Å². The van der Waals surface area contributed by atoms with Gasteiger partial charge in [-0.05, 0) is 44.9 Å². The van der Waals surface area contributed by atoms with Crippen LogP contribution in [-0.4, -0.2) is 24.0 Å². The minimum absolute atomic E-state index is 0.0811. The fourth-order valence-corrected chi connectivity index (χ4v) is 3.33. The van der Waals surface area contributed by atoms with Crippen molar-refractivity contribution in [2.24, 2.45) is 11.8 Å². The van der Waals surface area contributed by atoms with Gasteiger partial charge in [-0.15, -0.1) is 0 Å². The van der Waals surface area contributed by atoms with E-state index in [0.717, 1.165) is 18.8 Å². The molecule has 112 valence electrons. The van der Waals surface area contributed by atoms with Gasteiger partial charge < -0.3 is 10.6 Å². The highest BCUT2D eigenvalue weighted by Gasteiger charge is 2.33. The van der Waals surface area contributed by atoms with E-state index < -0.39 is 0 Å². The van der Waals surface area contributed by atoms with Gasteiger partial charge in [0.15, 0.2) is 0 Å². The highest BCUT2D eigenvalue weighted by molar-refractivity contribution is 5.81. The number of nitrogens with one attached hydrogen (secondary N) is 2. The second-order valence-electron chi connectivity index (χ2n) is 6.30. The smallest absolute Gasteiger partial charge is 0.237 e. The van der Waals surface area contributed by atoms with Crippen LogP contribution < -0.4 is 10.6 Å². The van der Waals surface area contributed by atoms with Crippen LogP contribution in [0.4, 0.5) is 0 Å². The van der Waals surface area contributed by atoms with Crippen molar-refractivity contribution >= 4 is 5.91 Å². The van der Waals surface area contributed by atoms with Crippen molar-refractivity contribution in [3.63, 3.8) is 0 Å². The second kappa shape index (κ2) is 7.88. The van der Waals surface area contributed by atoms with E-state index in [4.69, 9.17) is 0 Å². The van der Waals surface area contributed by atoms with Crippen molar-refractivity contribution in [3.05, 3.63) is 0 Å². The number of hydrogen-bond donors (Lipinski definition) is 2. The molecule has 0 heterocycles. The molecule has 5 unspecified atom stereocenters. The molecular formula is C16H32N2O. The third kappa shape index (κ3) is 4.79. The van der Waals surface area contributed by atoms with E-state index in [2.05, 4.69) is 38.3 Å². The lowest BCUT2D eigenvalue weighted by Crippen LogP contribution is -2.49. The van der Waals surface area contributed by atoms with E-state index in [9.17, 15) is 4.79 Å². The quantitative estimate of drug-likeness (QED) is 0.745. The van der Waals surface area contributed by atoms with Crippen LogP contribution in [0.25, 0.3) is 0 Å². The summed E-state index contributed by atoms with van der Waals surface area (Å²) in [7, 11) is 0. The summed E-state index contributed by atoms with van der Waals surface area (Å²) in [4.78, 5) is 12.1. The van der Waals surface area contributed by atoms with E-state index in [0.29, 0.717) is 12.0 Å². The Hall–Kier alpha value is -0.570. The van der Waals surface area contributed by atoms with Gasteiger partial charge in [0.2, 0.25) is 5.91 Å². The maximum atomic E-state index is 12.1. The SMILES string of the molecule is CCCC(C)NC(=O)C(C)NC1CCC(CC)C1C. The molecule has 3 nitrogen and oxygen atoms in total. The normalized spacial score (nSPS) is 30.1. The molecule has 0 bridgehead atoms. The van der Waals surface area contributed by atoms with Crippen LogP contribution in [-0.2, 0) is 4.79 Å². The summed E-state index contributed by atoms with van der Waals surface area (Å²) in [6.07, 6.45) is 5.93. The standard InChI is InChI=1S/C16H32N2O/c1-6-8-11(3)17-16(19)13(5)18-15-10-9-14(7-2)12(15)4/h11-15,18H,6-10H2,1-5H3,(H,17,19). The Morgan fingerprint density at radius 3 is 2.47 bits per heavy atom. The molecule has 1 aliphatic rings.